The standard InChI is InChI=1S/C18H16N2O3/c1-10-4-3-5-11(2)17(10)23-13-6-7-14-12(8-13)9-20-15(16(14)21)18(19)22/h3-9,21H,1-2H3,(H2,19,22). The molecular formula is C18H16N2O3. The topological polar surface area (TPSA) is 85.4 Å². The average Bonchev–Trinajstić information content (AvgIpc) is 2.51. The molecule has 3 aromatic rings. The van der Waals surface area contributed by atoms with Gasteiger partial charge in [0.1, 0.15) is 11.5 Å². The third-order valence-electron chi connectivity index (χ3n) is 3.70. The summed E-state index contributed by atoms with van der Waals surface area (Å²) in [6.07, 6.45) is 1.49. The quantitative estimate of drug-likeness (QED) is 0.776. The summed E-state index contributed by atoms with van der Waals surface area (Å²) in [6.45, 7) is 3.96. The number of primary amides is 1. The zero-order chi connectivity index (χ0) is 16.6. The molecule has 0 saturated heterocycles. The van der Waals surface area contributed by atoms with E-state index in [0.717, 1.165) is 16.9 Å². The van der Waals surface area contributed by atoms with E-state index >= 15 is 0 Å². The van der Waals surface area contributed by atoms with Crippen molar-refractivity contribution in [2.24, 2.45) is 5.73 Å². The van der Waals surface area contributed by atoms with E-state index in [1.54, 1.807) is 18.2 Å². The first-order valence-electron chi connectivity index (χ1n) is 7.13. The number of para-hydroxylation sites is 1. The van der Waals surface area contributed by atoms with E-state index in [1.807, 2.05) is 32.0 Å². The predicted octanol–water partition coefficient (Wildman–Crippen LogP) is 3.45. The molecule has 1 aromatic heterocycles. The molecule has 3 N–H and O–H groups in total. The van der Waals surface area contributed by atoms with Crippen molar-refractivity contribution in [3.05, 3.63) is 59.4 Å². The predicted molar refractivity (Wildman–Crippen MR) is 87.9 cm³/mol. The monoisotopic (exact) mass is 308 g/mol. The van der Waals surface area contributed by atoms with Crippen LogP contribution in [0.2, 0.25) is 0 Å². The van der Waals surface area contributed by atoms with Crippen LogP contribution in [0.1, 0.15) is 21.6 Å². The second-order valence-corrected chi connectivity index (χ2v) is 5.39. The van der Waals surface area contributed by atoms with Gasteiger partial charge in [-0.1, -0.05) is 18.2 Å². The Hall–Kier alpha value is -3.08. The molecule has 3 rings (SSSR count). The lowest BCUT2D eigenvalue weighted by Crippen LogP contribution is -2.13. The zero-order valence-corrected chi connectivity index (χ0v) is 12.8. The van der Waals surface area contributed by atoms with Crippen LogP contribution in [-0.4, -0.2) is 16.0 Å². The molecule has 5 nitrogen and oxygen atoms in total. The van der Waals surface area contributed by atoms with Crippen LogP contribution in [0.4, 0.5) is 0 Å². The number of hydrogen-bond donors (Lipinski definition) is 2. The number of ether oxygens (including phenoxy) is 1. The van der Waals surface area contributed by atoms with E-state index in [9.17, 15) is 9.90 Å². The highest BCUT2D eigenvalue weighted by Gasteiger charge is 2.13. The molecule has 0 bridgehead atoms. The SMILES string of the molecule is Cc1cccc(C)c1Oc1ccc2c(O)c(C(N)=O)ncc2c1. The highest BCUT2D eigenvalue weighted by atomic mass is 16.5. The van der Waals surface area contributed by atoms with E-state index in [2.05, 4.69) is 4.98 Å². The van der Waals surface area contributed by atoms with Gasteiger partial charge in [-0.15, -0.1) is 0 Å². The Labute approximate surface area is 133 Å². The summed E-state index contributed by atoms with van der Waals surface area (Å²) in [7, 11) is 0. The number of aromatic hydroxyl groups is 1. The van der Waals surface area contributed by atoms with Crippen LogP contribution in [0, 0.1) is 13.8 Å². The number of pyridine rings is 1. The Morgan fingerprint density at radius 2 is 1.87 bits per heavy atom. The summed E-state index contributed by atoms with van der Waals surface area (Å²) in [5.41, 5.74) is 7.12. The van der Waals surface area contributed by atoms with Crippen LogP contribution >= 0.6 is 0 Å². The van der Waals surface area contributed by atoms with Crippen LogP contribution in [-0.2, 0) is 0 Å². The number of aromatic nitrogens is 1. The van der Waals surface area contributed by atoms with Crippen LogP contribution in [0.3, 0.4) is 0 Å². The van der Waals surface area contributed by atoms with Gasteiger partial charge in [-0.2, -0.15) is 0 Å². The van der Waals surface area contributed by atoms with E-state index in [0.29, 0.717) is 16.5 Å². The van der Waals surface area contributed by atoms with Crippen molar-refractivity contribution >= 4 is 16.7 Å². The first kappa shape index (κ1) is 14.8. The normalized spacial score (nSPS) is 10.7. The van der Waals surface area contributed by atoms with E-state index in [4.69, 9.17) is 10.5 Å². The molecule has 23 heavy (non-hydrogen) atoms. The Morgan fingerprint density at radius 3 is 2.52 bits per heavy atom. The van der Waals surface area contributed by atoms with E-state index < -0.39 is 5.91 Å². The van der Waals surface area contributed by atoms with Gasteiger partial charge in [-0.3, -0.25) is 4.79 Å². The minimum absolute atomic E-state index is 0.138. The smallest absolute Gasteiger partial charge is 0.271 e. The van der Waals surface area contributed by atoms with Gasteiger partial charge in [-0.05, 0) is 43.2 Å². The van der Waals surface area contributed by atoms with Crippen molar-refractivity contribution < 1.29 is 14.6 Å². The van der Waals surface area contributed by atoms with Crippen LogP contribution in [0.5, 0.6) is 17.2 Å². The van der Waals surface area contributed by atoms with Gasteiger partial charge < -0.3 is 15.6 Å². The number of carbonyl (C=O) groups is 1. The molecule has 1 heterocycles. The number of amides is 1. The molecule has 2 aromatic carbocycles. The second kappa shape index (κ2) is 5.61. The van der Waals surface area contributed by atoms with Gasteiger partial charge >= 0.3 is 0 Å². The number of hydrogen-bond acceptors (Lipinski definition) is 4. The van der Waals surface area contributed by atoms with Crippen molar-refractivity contribution in [3.63, 3.8) is 0 Å². The molecule has 0 fully saturated rings. The summed E-state index contributed by atoms with van der Waals surface area (Å²) in [5.74, 6) is 0.453. The molecule has 0 unspecified atom stereocenters. The fourth-order valence-electron chi connectivity index (χ4n) is 2.51. The van der Waals surface area contributed by atoms with E-state index in [-0.39, 0.29) is 11.4 Å². The molecule has 0 aliphatic carbocycles. The van der Waals surface area contributed by atoms with Crippen LogP contribution in [0.25, 0.3) is 10.8 Å². The summed E-state index contributed by atoms with van der Waals surface area (Å²) in [4.78, 5) is 15.1. The maximum absolute atomic E-state index is 11.2. The Balaban J connectivity index is 2.04. The van der Waals surface area contributed by atoms with Crippen molar-refractivity contribution in [3.8, 4) is 17.2 Å². The maximum atomic E-state index is 11.2. The van der Waals surface area contributed by atoms with Crippen LogP contribution in [0.15, 0.2) is 42.6 Å². The minimum atomic E-state index is -0.764. The number of carbonyl (C=O) groups excluding carboxylic acids is 1. The first-order valence-corrected chi connectivity index (χ1v) is 7.13. The zero-order valence-electron chi connectivity index (χ0n) is 12.8. The molecule has 0 aliphatic rings. The van der Waals surface area contributed by atoms with Crippen LogP contribution < -0.4 is 10.5 Å². The summed E-state index contributed by atoms with van der Waals surface area (Å²) >= 11 is 0. The van der Waals surface area contributed by atoms with Gasteiger partial charge in [0.15, 0.2) is 11.4 Å². The number of rotatable bonds is 3. The molecule has 116 valence electrons. The Kier molecular flexibility index (Phi) is 3.62. The fraction of sp³-hybridized carbons (Fsp3) is 0.111. The molecule has 0 atom stereocenters. The minimum Gasteiger partial charge on any atom is -0.505 e. The lowest BCUT2D eigenvalue weighted by atomic mass is 10.1. The summed E-state index contributed by atoms with van der Waals surface area (Å²) in [5, 5.41) is 11.3. The highest BCUT2D eigenvalue weighted by molar-refractivity contribution is 6.00. The molecule has 0 spiro atoms. The van der Waals surface area contributed by atoms with Gasteiger partial charge in [0.25, 0.3) is 5.91 Å². The van der Waals surface area contributed by atoms with Crippen molar-refractivity contribution in [2.45, 2.75) is 13.8 Å². The van der Waals surface area contributed by atoms with Gasteiger partial charge in [0, 0.05) is 17.0 Å². The largest absolute Gasteiger partial charge is 0.505 e. The second-order valence-electron chi connectivity index (χ2n) is 5.39. The number of aryl methyl sites for hydroxylation is 2. The third-order valence-corrected chi connectivity index (χ3v) is 3.70. The van der Waals surface area contributed by atoms with Crippen molar-refractivity contribution in [1.82, 2.24) is 4.98 Å². The number of fused-ring (bicyclic) bond motifs is 1. The average molecular weight is 308 g/mol. The highest BCUT2D eigenvalue weighted by Crippen LogP contribution is 2.33. The molecule has 5 heteroatoms. The van der Waals surface area contributed by atoms with Crippen molar-refractivity contribution in [2.75, 3.05) is 0 Å². The summed E-state index contributed by atoms with van der Waals surface area (Å²) in [6, 6.07) is 11.1. The lowest BCUT2D eigenvalue weighted by Gasteiger charge is -2.12. The fourth-order valence-corrected chi connectivity index (χ4v) is 2.51. The number of benzene rings is 2. The van der Waals surface area contributed by atoms with Gasteiger partial charge in [-0.25, -0.2) is 4.98 Å². The van der Waals surface area contributed by atoms with Gasteiger partial charge in [0.05, 0.1) is 0 Å². The van der Waals surface area contributed by atoms with Crippen molar-refractivity contribution in [1.29, 1.82) is 0 Å². The molecule has 0 aliphatic heterocycles. The molecule has 0 saturated carbocycles. The number of nitrogens with zero attached hydrogens (tertiary/aromatic N) is 1. The first-order chi connectivity index (χ1) is 11.0. The third kappa shape index (κ3) is 2.68. The number of nitrogens with two attached hydrogens (primary N) is 1. The Morgan fingerprint density at radius 1 is 1.17 bits per heavy atom. The maximum Gasteiger partial charge on any atom is 0.271 e. The summed E-state index contributed by atoms with van der Waals surface area (Å²) < 4.78 is 5.96. The van der Waals surface area contributed by atoms with Gasteiger partial charge in [0.2, 0.25) is 0 Å². The molecule has 1 amide bonds. The lowest BCUT2D eigenvalue weighted by molar-refractivity contribution is 0.0993. The van der Waals surface area contributed by atoms with E-state index in [1.165, 1.54) is 6.20 Å². The molecule has 0 radical (unpaired) electrons. The molecular weight excluding hydrogens is 292 g/mol. The Bertz CT molecular complexity index is 899.